The molecule has 0 spiro atoms. The van der Waals surface area contributed by atoms with Crippen LogP contribution in [0.15, 0.2) is 0 Å². The minimum Gasteiger partial charge on any atom is -0.438 e. The fourth-order valence-corrected chi connectivity index (χ4v) is 1.84. The van der Waals surface area contributed by atoms with Crippen LogP contribution >= 0.6 is 0 Å². The molecule has 13 nitrogen and oxygen atoms in total. The van der Waals surface area contributed by atoms with Gasteiger partial charge in [-0.2, -0.15) is 74.4 Å². The van der Waals surface area contributed by atoms with Crippen molar-refractivity contribution >= 4 is 42.7 Å². The second-order valence-corrected chi connectivity index (χ2v) is 8.23. The van der Waals surface area contributed by atoms with E-state index >= 15 is 0 Å². The molecule has 0 aliphatic carbocycles. The molecule has 0 aromatic heterocycles. The Morgan fingerprint density at radius 3 is 0.886 bits per heavy atom. The summed E-state index contributed by atoms with van der Waals surface area (Å²) in [7, 11) is -17.0. The first-order chi connectivity index (χ1) is 13.7. The summed E-state index contributed by atoms with van der Waals surface area (Å²) in [4.78, 5) is 26.0. The molecule has 0 radical (unpaired) electrons. The molecule has 0 bridgehead atoms. The number of ether oxygens (including phenoxy) is 2. The van der Waals surface area contributed by atoms with Crippen LogP contribution in [0.1, 0.15) is 22.3 Å². The van der Waals surface area contributed by atoms with Gasteiger partial charge in [-0.25, -0.2) is 4.79 Å². The monoisotopic (exact) mass is 614 g/mol. The van der Waals surface area contributed by atoms with E-state index in [0.717, 1.165) is 0 Å². The van der Waals surface area contributed by atoms with E-state index in [1.54, 1.807) is 0 Å². The number of methoxy groups -OCH3 is 2. The summed E-state index contributed by atoms with van der Waals surface area (Å²) < 4.78 is 176. The van der Waals surface area contributed by atoms with E-state index < -0.39 is 53.0 Å². The summed E-state index contributed by atoms with van der Waals surface area (Å²) in [5, 5.41) is 0. The first-order valence-electron chi connectivity index (χ1n) is 5.67. The summed E-state index contributed by atoms with van der Waals surface area (Å²) >= 11 is 0. The van der Waals surface area contributed by atoms with Gasteiger partial charge in [-0.05, 0) is 0 Å². The number of carbonyl (C=O) groups excluding carboxylic acids is 3. The van der Waals surface area contributed by atoms with E-state index in [9.17, 15) is 61.1 Å². The van der Waals surface area contributed by atoms with Gasteiger partial charge in [0.15, 0.2) is 0 Å². The van der Waals surface area contributed by atoms with E-state index in [2.05, 4.69) is 9.47 Å². The lowest BCUT2D eigenvalue weighted by Gasteiger charge is -2.09. The van der Waals surface area contributed by atoms with Gasteiger partial charge in [-0.3, -0.25) is 4.55 Å². The van der Waals surface area contributed by atoms with Crippen LogP contribution in [0.4, 0.5) is 44.3 Å². The molecule has 0 aliphatic rings. The molecule has 0 saturated heterocycles. The third-order valence-electron chi connectivity index (χ3n) is 1.37. The van der Waals surface area contributed by atoms with Crippen molar-refractivity contribution in [2.24, 2.45) is 0 Å². The highest BCUT2D eigenvalue weighted by Crippen LogP contribution is 2.32. The van der Waals surface area contributed by atoms with Crippen LogP contribution in [0, 0.1) is 0 Å². The highest BCUT2D eigenvalue weighted by molar-refractivity contribution is 8.00. The highest BCUT2D eigenvalue weighted by Gasteiger charge is 2.57. The molecular formula is C10H19F9O13S3. The Hall–Kier alpha value is -2.21. The molecule has 35 heavy (non-hydrogen) atoms. The predicted octanol–water partition coefficient (Wildman–Crippen LogP) is 2.82. The van der Waals surface area contributed by atoms with Crippen molar-refractivity contribution < 1.29 is 96.8 Å². The van der Waals surface area contributed by atoms with Crippen LogP contribution in [0.2, 0.25) is 0 Å². The standard InChI is InChI=1S/C3H6O3.C2F6O5S2.CHF3O3S.CO2.3CH4/c1-5-3(4)6-2;3-1(4,5)14(9,10)13-15(11,12)2(6,7)8;2-1(3,4)8(5,6)7;2-1-3;;;/h1-2H3;;(H,5,6,7);;3*1H4. The number of hydrogen-bond donors (Lipinski definition) is 1. The molecule has 0 rings (SSSR count). The molecule has 0 unspecified atom stereocenters. The predicted molar refractivity (Wildman–Crippen MR) is 93.3 cm³/mol. The van der Waals surface area contributed by atoms with Crippen LogP contribution < -0.4 is 0 Å². The van der Waals surface area contributed by atoms with Crippen LogP contribution in [-0.2, 0) is 53.0 Å². The van der Waals surface area contributed by atoms with E-state index in [-0.39, 0.29) is 28.4 Å². The fourth-order valence-electron chi connectivity index (χ4n) is 0.278. The SMILES string of the molecule is C.C.C.COC(=O)OC.O=C=O.O=S(=O)(O)C(F)(F)F.O=S(=O)(OS(=O)(=O)C(F)(F)F)C(F)(F)F. The lowest BCUT2D eigenvalue weighted by Crippen LogP contribution is -2.34. The first-order valence-corrected chi connectivity index (χ1v) is 9.92. The van der Waals surface area contributed by atoms with Crippen LogP contribution in [0.3, 0.4) is 0 Å². The number of hydrogen-bond acceptors (Lipinski definition) is 12. The lowest BCUT2D eigenvalue weighted by atomic mass is 11.3. The molecule has 0 aromatic carbocycles. The van der Waals surface area contributed by atoms with Crippen molar-refractivity contribution in [1.29, 1.82) is 0 Å². The number of carbonyl (C=O) groups is 1. The van der Waals surface area contributed by atoms with Crippen molar-refractivity contribution in [2.45, 2.75) is 38.8 Å². The molecule has 25 heteroatoms. The zero-order valence-electron chi connectivity index (χ0n) is 14.5. The topological polar surface area (TPSA) is 202 Å². The Balaban J connectivity index is -0.0000000669. The average Bonchev–Trinajstić information content (AvgIpc) is 2.51. The van der Waals surface area contributed by atoms with Crippen LogP contribution in [0.5, 0.6) is 0 Å². The Kier molecular flexibility index (Phi) is 25.8. The van der Waals surface area contributed by atoms with E-state index in [4.69, 9.17) is 22.6 Å². The number of rotatable bonds is 2. The number of halogens is 9. The van der Waals surface area contributed by atoms with E-state index in [1.165, 1.54) is 14.2 Å². The average molecular weight is 614 g/mol. The maximum absolute atomic E-state index is 11.4. The van der Waals surface area contributed by atoms with Crippen LogP contribution in [0.25, 0.3) is 0 Å². The van der Waals surface area contributed by atoms with Gasteiger partial charge in [0.2, 0.25) is 0 Å². The van der Waals surface area contributed by atoms with E-state index in [0.29, 0.717) is 0 Å². The second-order valence-electron chi connectivity index (χ2n) is 3.53. The van der Waals surface area contributed by atoms with Gasteiger partial charge < -0.3 is 9.47 Å². The second kappa shape index (κ2) is 18.1. The van der Waals surface area contributed by atoms with Crippen molar-refractivity contribution in [3.8, 4) is 0 Å². The molecule has 0 atom stereocenters. The molecule has 0 fully saturated rings. The maximum Gasteiger partial charge on any atom is 0.524 e. The molecule has 0 aromatic rings. The molecule has 0 aliphatic heterocycles. The maximum atomic E-state index is 11.4. The van der Waals surface area contributed by atoms with Gasteiger partial charge in [0.1, 0.15) is 0 Å². The molecule has 218 valence electrons. The summed E-state index contributed by atoms with van der Waals surface area (Å²) in [5.41, 5.74) is -18.1. The van der Waals surface area contributed by atoms with Crippen LogP contribution in [-0.4, -0.2) is 72.9 Å². The Labute approximate surface area is 193 Å². The largest absolute Gasteiger partial charge is 0.524 e. The molecule has 0 amide bonds. The molecular weight excluding hydrogens is 595 g/mol. The Bertz CT molecular complexity index is 877. The molecule has 0 saturated carbocycles. The lowest BCUT2D eigenvalue weighted by molar-refractivity contribution is -0.191. The normalized spacial score (nSPS) is 11.2. The zero-order valence-corrected chi connectivity index (χ0v) is 16.9. The summed E-state index contributed by atoms with van der Waals surface area (Å²) in [6.45, 7) is 0. The van der Waals surface area contributed by atoms with Crippen molar-refractivity contribution in [3.05, 3.63) is 0 Å². The fraction of sp³-hybridized carbons (Fsp3) is 0.800. The van der Waals surface area contributed by atoms with Gasteiger partial charge in [0.05, 0.1) is 14.2 Å². The van der Waals surface area contributed by atoms with Crippen molar-refractivity contribution in [2.75, 3.05) is 14.2 Å². The van der Waals surface area contributed by atoms with Gasteiger partial charge in [-0.1, -0.05) is 22.3 Å². The Morgan fingerprint density at radius 1 is 0.657 bits per heavy atom. The zero-order chi connectivity index (χ0) is 27.4. The van der Waals surface area contributed by atoms with Crippen molar-refractivity contribution in [3.63, 3.8) is 0 Å². The Morgan fingerprint density at radius 2 is 0.829 bits per heavy atom. The van der Waals surface area contributed by atoms with Gasteiger partial charge >= 0.3 is 59.2 Å². The minimum atomic E-state index is -6.85. The summed E-state index contributed by atoms with van der Waals surface area (Å²) in [6.07, 6.45) is -0.407. The van der Waals surface area contributed by atoms with Gasteiger partial charge in [0, 0.05) is 0 Å². The third kappa shape index (κ3) is 23.3. The van der Waals surface area contributed by atoms with Gasteiger partial charge in [-0.15, -0.1) is 3.63 Å². The minimum absolute atomic E-state index is 0. The highest BCUT2D eigenvalue weighted by atomic mass is 32.3. The van der Waals surface area contributed by atoms with E-state index in [1.807, 2.05) is 3.63 Å². The first kappa shape index (κ1) is 49.8. The molecule has 1 N–H and O–H groups in total. The van der Waals surface area contributed by atoms with Gasteiger partial charge in [0.25, 0.3) is 0 Å². The van der Waals surface area contributed by atoms with Crippen molar-refractivity contribution in [1.82, 2.24) is 0 Å². The smallest absolute Gasteiger partial charge is 0.438 e. The third-order valence-corrected chi connectivity index (χ3v) is 4.52. The quantitative estimate of drug-likeness (QED) is 0.206. The molecule has 0 heterocycles. The number of alkyl halides is 9. The summed E-state index contributed by atoms with van der Waals surface area (Å²) in [6, 6.07) is 0. The summed E-state index contributed by atoms with van der Waals surface area (Å²) in [5.74, 6) is 0.